The smallest absolute Gasteiger partial charge is 0.303 e. The van der Waals surface area contributed by atoms with Crippen molar-refractivity contribution >= 4 is 5.97 Å². The number of unbranched alkanes of at least 4 members (excludes halogenated alkanes) is 3. The summed E-state index contributed by atoms with van der Waals surface area (Å²) in [7, 11) is 0. The first-order valence-corrected chi connectivity index (χ1v) is 9.55. The van der Waals surface area contributed by atoms with E-state index in [1.54, 1.807) is 6.08 Å². The number of aliphatic hydroxyl groups is 3. The van der Waals surface area contributed by atoms with Gasteiger partial charge in [0, 0.05) is 18.8 Å². The number of rotatable bonds is 12. The lowest BCUT2D eigenvalue weighted by molar-refractivity contribution is -0.137. The SMILES string of the molecule is CCCCCC(O)/C=C/[C@H]1C(O)CC(O)C1C/C=C/CCCC(=O)O. The Bertz CT molecular complexity index is 432. The second kappa shape index (κ2) is 12.2. The average molecular weight is 354 g/mol. The van der Waals surface area contributed by atoms with E-state index in [9.17, 15) is 20.1 Å². The van der Waals surface area contributed by atoms with Crippen LogP contribution in [0.1, 0.15) is 64.7 Å². The van der Waals surface area contributed by atoms with Gasteiger partial charge in [0.05, 0.1) is 18.3 Å². The van der Waals surface area contributed by atoms with E-state index in [-0.39, 0.29) is 18.3 Å². The number of aliphatic hydroxyl groups excluding tert-OH is 3. The molecular formula is C20H34O5. The van der Waals surface area contributed by atoms with E-state index in [1.165, 1.54) is 0 Å². The third-order valence-electron chi connectivity index (χ3n) is 4.91. The zero-order chi connectivity index (χ0) is 18.7. The summed E-state index contributed by atoms with van der Waals surface area (Å²) >= 11 is 0. The lowest BCUT2D eigenvalue weighted by Gasteiger charge is -2.19. The van der Waals surface area contributed by atoms with E-state index in [2.05, 4.69) is 6.92 Å². The molecule has 0 bridgehead atoms. The zero-order valence-electron chi connectivity index (χ0n) is 15.3. The third kappa shape index (κ3) is 8.66. The van der Waals surface area contributed by atoms with E-state index in [0.29, 0.717) is 25.7 Å². The molecule has 144 valence electrons. The van der Waals surface area contributed by atoms with Crippen molar-refractivity contribution in [2.75, 3.05) is 0 Å². The summed E-state index contributed by atoms with van der Waals surface area (Å²) in [5.41, 5.74) is 0. The Hall–Kier alpha value is -1.17. The number of carboxylic acid groups (broad SMARTS) is 1. The van der Waals surface area contributed by atoms with Gasteiger partial charge in [-0.2, -0.15) is 0 Å². The van der Waals surface area contributed by atoms with Gasteiger partial charge in [0.2, 0.25) is 0 Å². The number of hydrogen-bond acceptors (Lipinski definition) is 4. The van der Waals surface area contributed by atoms with Gasteiger partial charge in [-0.3, -0.25) is 4.79 Å². The summed E-state index contributed by atoms with van der Waals surface area (Å²) in [4.78, 5) is 10.5. The van der Waals surface area contributed by atoms with Crippen LogP contribution < -0.4 is 0 Å². The van der Waals surface area contributed by atoms with Crippen LogP contribution in [0.2, 0.25) is 0 Å². The zero-order valence-corrected chi connectivity index (χ0v) is 15.3. The second-order valence-electron chi connectivity index (χ2n) is 7.05. The molecule has 0 aromatic carbocycles. The highest BCUT2D eigenvalue weighted by Gasteiger charge is 2.39. The lowest BCUT2D eigenvalue weighted by Crippen LogP contribution is -2.20. The van der Waals surface area contributed by atoms with Gasteiger partial charge in [-0.1, -0.05) is 50.5 Å². The number of aliphatic carboxylic acids is 1. The van der Waals surface area contributed by atoms with Gasteiger partial charge in [0.15, 0.2) is 0 Å². The molecule has 1 fully saturated rings. The van der Waals surface area contributed by atoms with Gasteiger partial charge < -0.3 is 20.4 Å². The maximum atomic E-state index is 10.5. The highest BCUT2D eigenvalue weighted by molar-refractivity contribution is 5.66. The van der Waals surface area contributed by atoms with Crippen LogP contribution >= 0.6 is 0 Å². The number of hydrogen-bond donors (Lipinski definition) is 4. The van der Waals surface area contributed by atoms with Crippen molar-refractivity contribution in [3.63, 3.8) is 0 Å². The third-order valence-corrected chi connectivity index (χ3v) is 4.91. The molecule has 0 aliphatic heterocycles. The van der Waals surface area contributed by atoms with Crippen molar-refractivity contribution in [2.45, 2.75) is 83.0 Å². The van der Waals surface area contributed by atoms with Crippen LogP contribution in [0.4, 0.5) is 0 Å². The first-order valence-electron chi connectivity index (χ1n) is 9.55. The molecule has 5 nitrogen and oxygen atoms in total. The Labute approximate surface area is 151 Å². The second-order valence-corrected chi connectivity index (χ2v) is 7.05. The van der Waals surface area contributed by atoms with Crippen LogP contribution in [0.15, 0.2) is 24.3 Å². The van der Waals surface area contributed by atoms with E-state index in [4.69, 9.17) is 5.11 Å². The quantitative estimate of drug-likeness (QED) is 0.319. The molecule has 4 N–H and O–H groups in total. The maximum Gasteiger partial charge on any atom is 0.303 e. The summed E-state index contributed by atoms with van der Waals surface area (Å²) in [6.07, 6.45) is 12.3. The van der Waals surface area contributed by atoms with E-state index in [0.717, 1.165) is 25.7 Å². The van der Waals surface area contributed by atoms with Gasteiger partial charge in [0.25, 0.3) is 0 Å². The van der Waals surface area contributed by atoms with Gasteiger partial charge in [-0.15, -0.1) is 0 Å². The van der Waals surface area contributed by atoms with Crippen molar-refractivity contribution < 1.29 is 25.2 Å². The van der Waals surface area contributed by atoms with Crippen LogP contribution in [0.3, 0.4) is 0 Å². The van der Waals surface area contributed by atoms with Crippen molar-refractivity contribution in [1.82, 2.24) is 0 Å². The minimum absolute atomic E-state index is 0.0650. The van der Waals surface area contributed by atoms with Gasteiger partial charge >= 0.3 is 5.97 Å². The van der Waals surface area contributed by atoms with Gasteiger partial charge in [0.1, 0.15) is 0 Å². The molecule has 5 heteroatoms. The molecule has 0 heterocycles. The minimum Gasteiger partial charge on any atom is -0.481 e. The average Bonchev–Trinajstić information content (AvgIpc) is 2.82. The topological polar surface area (TPSA) is 98.0 Å². The largest absolute Gasteiger partial charge is 0.481 e. The molecule has 0 saturated heterocycles. The molecule has 0 aromatic heterocycles. The fourth-order valence-electron chi connectivity index (χ4n) is 3.41. The summed E-state index contributed by atoms with van der Waals surface area (Å²) in [5, 5.41) is 39.0. The first kappa shape index (κ1) is 21.9. The number of allylic oxidation sites excluding steroid dienone is 2. The van der Waals surface area contributed by atoms with Crippen molar-refractivity contribution in [3.05, 3.63) is 24.3 Å². The van der Waals surface area contributed by atoms with Gasteiger partial charge in [-0.05, 0) is 31.6 Å². The molecule has 0 amide bonds. The fraction of sp³-hybridized carbons (Fsp3) is 0.750. The molecule has 5 atom stereocenters. The molecule has 1 saturated carbocycles. The summed E-state index contributed by atoms with van der Waals surface area (Å²) < 4.78 is 0. The molecule has 1 aliphatic rings. The first-order chi connectivity index (χ1) is 12.0. The maximum absolute atomic E-state index is 10.5. The standard InChI is InChI=1S/C20H34O5/c1-2-3-6-9-15(21)12-13-17-16(18(22)14-19(17)23)10-7-4-5-8-11-20(24)25/h4,7,12-13,15-19,21-23H,2-3,5-6,8-11,14H2,1H3,(H,24,25)/b7-4+,13-12+/t15?,16?,17-,18?,19?/m1/s1. The van der Waals surface area contributed by atoms with Crippen LogP contribution in [0.25, 0.3) is 0 Å². The van der Waals surface area contributed by atoms with Crippen LogP contribution in [-0.4, -0.2) is 44.7 Å². The van der Waals surface area contributed by atoms with Gasteiger partial charge in [-0.25, -0.2) is 0 Å². The fourth-order valence-corrected chi connectivity index (χ4v) is 3.41. The summed E-state index contributed by atoms with van der Waals surface area (Å²) in [6.45, 7) is 2.12. The predicted octanol–water partition coefficient (Wildman–Crippen LogP) is 3.04. The number of carbonyl (C=O) groups is 1. The summed E-state index contributed by atoms with van der Waals surface area (Å²) in [6, 6.07) is 0. The lowest BCUT2D eigenvalue weighted by atomic mass is 9.89. The van der Waals surface area contributed by atoms with E-state index < -0.39 is 24.3 Å². The van der Waals surface area contributed by atoms with Crippen LogP contribution in [-0.2, 0) is 4.79 Å². The van der Waals surface area contributed by atoms with Crippen LogP contribution in [0.5, 0.6) is 0 Å². The Morgan fingerprint density at radius 1 is 1.16 bits per heavy atom. The molecule has 25 heavy (non-hydrogen) atoms. The molecule has 0 spiro atoms. The molecule has 1 rings (SSSR count). The highest BCUT2D eigenvalue weighted by atomic mass is 16.4. The monoisotopic (exact) mass is 354 g/mol. The minimum atomic E-state index is -0.787. The Morgan fingerprint density at radius 3 is 2.60 bits per heavy atom. The van der Waals surface area contributed by atoms with Crippen LogP contribution in [0, 0.1) is 11.8 Å². The Balaban J connectivity index is 2.46. The Morgan fingerprint density at radius 2 is 1.92 bits per heavy atom. The number of carboxylic acids is 1. The van der Waals surface area contributed by atoms with E-state index in [1.807, 2.05) is 18.2 Å². The highest BCUT2D eigenvalue weighted by Crippen LogP contribution is 2.36. The molecule has 1 aliphatic carbocycles. The van der Waals surface area contributed by atoms with E-state index >= 15 is 0 Å². The van der Waals surface area contributed by atoms with Crippen molar-refractivity contribution in [2.24, 2.45) is 11.8 Å². The molecule has 0 radical (unpaired) electrons. The summed E-state index contributed by atoms with van der Waals surface area (Å²) in [5.74, 6) is -1.00. The molecule has 4 unspecified atom stereocenters. The normalized spacial score (nSPS) is 28.2. The molecule has 0 aromatic rings. The Kier molecular flexibility index (Phi) is 10.7. The van der Waals surface area contributed by atoms with Crippen molar-refractivity contribution in [1.29, 1.82) is 0 Å². The predicted molar refractivity (Wildman–Crippen MR) is 98.1 cm³/mol. The van der Waals surface area contributed by atoms with Crippen molar-refractivity contribution in [3.8, 4) is 0 Å². The molecular weight excluding hydrogens is 320 g/mol.